The van der Waals surface area contributed by atoms with Crippen molar-refractivity contribution in [3.63, 3.8) is 0 Å². The van der Waals surface area contributed by atoms with Gasteiger partial charge in [0.25, 0.3) is 0 Å². The van der Waals surface area contributed by atoms with E-state index in [1.807, 2.05) is 31.2 Å². The molecule has 2 aromatic rings. The smallest absolute Gasteiger partial charge is 0.243 e. The van der Waals surface area contributed by atoms with Crippen molar-refractivity contribution in [1.29, 1.82) is 0 Å². The van der Waals surface area contributed by atoms with Crippen LogP contribution in [-0.4, -0.2) is 37.8 Å². The molecule has 1 fully saturated rings. The Labute approximate surface area is 170 Å². The molecule has 0 bridgehead atoms. The molecule has 1 aliphatic rings. The second kappa shape index (κ2) is 8.94. The largest absolute Gasteiger partial charge is 0.494 e. The third-order valence-corrected chi connectivity index (χ3v) is 6.78. The summed E-state index contributed by atoms with van der Waals surface area (Å²) in [5.74, 6) is 0.443. The number of carbonyl (C=O) groups excluding carboxylic acids is 1. The van der Waals surface area contributed by atoms with Crippen LogP contribution in [0.5, 0.6) is 5.75 Å². The minimum Gasteiger partial charge on any atom is -0.494 e. The summed E-state index contributed by atoms with van der Waals surface area (Å²) in [5, 5.41) is 3.31. The molecule has 3 rings (SSSR count). The minimum atomic E-state index is -3.75. The van der Waals surface area contributed by atoms with Gasteiger partial charge in [0.2, 0.25) is 15.9 Å². The highest BCUT2D eigenvalue weighted by Gasteiger charge is 2.39. The van der Waals surface area contributed by atoms with Gasteiger partial charge in [-0.3, -0.25) is 4.79 Å². The summed E-state index contributed by atoms with van der Waals surface area (Å²) in [6.07, 6.45) is 1.14. The highest BCUT2D eigenvalue weighted by Crippen LogP contribution is 2.27. The van der Waals surface area contributed by atoms with Gasteiger partial charge in [-0.2, -0.15) is 4.31 Å². The molecule has 28 heavy (non-hydrogen) atoms. The van der Waals surface area contributed by atoms with Gasteiger partial charge >= 0.3 is 0 Å². The maximum Gasteiger partial charge on any atom is 0.243 e. The molecular formula is C20H23ClN2O4S. The van der Waals surface area contributed by atoms with Crippen LogP contribution in [0.2, 0.25) is 5.02 Å². The lowest BCUT2D eigenvalue weighted by atomic mass is 10.2. The number of ether oxygens (including phenoxy) is 1. The summed E-state index contributed by atoms with van der Waals surface area (Å²) in [4.78, 5) is 12.8. The van der Waals surface area contributed by atoms with Crippen LogP contribution < -0.4 is 10.1 Å². The first-order valence-corrected chi connectivity index (χ1v) is 11.0. The van der Waals surface area contributed by atoms with E-state index in [0.717, 1.165) is 11.3 Å². The molecule has 1 atom stereocenters. The lowest BCUT2D eigenvalue weighted by Gasteiger charge is -2.23. The van der Waals surface area contributed by atoms with E-state index in [1.54, 1.807) is 0 Å². The van der Waals surface area contributed by atoms with Crippen molar-refractivity contribution in [2.24, 2.45) is 0 Å². The molecule has 1 unspecified atom stereocenters. The Morgan fingerprint density at radius 1 is 1.25 bits per heavy atom. The summed E-state index contributed by atoms with van der Waals surface area (Å²) >= 11 is 5.85. The maximum atomic E-state index is 12.9. The predicted octanol–water partition coefficient (Wildman–Crippen LogP) is 3.21. The van der Waals surface area contributed by atoms with Gasteiger partial charge in [-0.05, 0) is 61.7 Å². The first-order chi connectivity index (χ1) is 13.4. The van der Waals surface area contributed by atoms with Crippen LogP contribution in [0.25, 0.3) is 0 Å². The number of sulfonamides is 1. The van der Waals surface area contributed by atoms with Crippen LogP contribution in [0.4, 0.5) is 0 Å². The Morgan fingerprint density at radius 2 is 2.00 bits per heavy atom. The molecule has 0 aliphatic carbocycles. The number of amides is 1. The zero-order valence-electron chi connectivity index (χ0n) is 15.6. The molecule has 0 radical (unpaired) electrons. The summed E-state index contributed by atoms with van der Waals surface area (Å²) in [5.41, 5.74) is 0.893. The first kappa shape index (κ1) is 20.6. The van der Waals surface area contributed by atoms with Gasteiger partial charge in [-0.25, -0.2) is 8.42 Å². The maximum absolute atomic E-state index is 12.9. The zero-order chi connectivity index (χ0) is 20.1. The number of halogens is 1. The van der Waals surface area contributed by atoms with Crippen molar-refractivity contribution in [2.45, 2.75) is 37.2 Å². The first-order valence-electron chi connectivity index (χ1n) is 9.18. The van der Waals surface area contributed by atoms with Crippen molar-refractivity contribution in [3.8, 4) is 5.75 Å². The standard InChI is InChI=1S/C20H23ClN2O4S/c1-2-27-17-6-3-5-15(13-17)14-22-20(24)19-7-4-12-23(19)28(25,26)18-10-8-16(21)9-11-18/h3,5-6,8-11,13,19H,2,4,7,12,14H2,1H3,(H,22,24). The Kier molecular flexibility index (Phi) is 6.59. The van der Waals surface area contributed by atoms with Crippen molar-refractivity contribution < 1.29 is 17.9 Å². The number of hydrogen-bond acceptors (Lipinski definition) is 4. The topological polar surface area (TPSA) is 75.7 Å². The van der Waals surface area contributed by atoms with E-state index >= 15 is 0 Å². The summed E-state index contributed by atoms with van der Waals surface area (Å²) < 4.78 is 32.6. The van der Waals surface area contributed by atoms with E-state index in [9.17, 15) is 13.2 Å². The number of hydrogen-bond donors (Lipinski definition) is 1. The molecule has 0 spiro atoms. The second-order valence-corrected chi connectivity index (χ2v) is 8.85. The van der Waals surface area contributed by atoms with E-state index in [-0.39, 0.29) is 10.8 Å². The molecule has 1 aliphatic heterocycles. The fourth-order valence-corrected chi connectivity index (χ4v) is 5.03. The van der Waals surface area contributed by atoms with Crippen molar-refractivity contribution in [3.05, 3.63) is 59.1 Å². The van der Waals surface area contributed by atoms with Crippen LogP contribution in [0.3, 0.4) is 0 Å². The SMILES string of the molecule is CCOc1cccc(CNC(=O)C2CCCN2S(=O)(=O)c2ccc(Cl)cc2)c1. The number of rotatable bonds is 7. The molecule has 0 aromatic heterocycles. The Morgan fingerprint density at radius 3 is 2.71 bits per heavy atom. The molecule has 1 heterocycles. The molecule has 2 aromatic carbocycles. The average Bonchev–Trinajstić information content (AvgIpc) is 3.18. The van der Waals surface area contributed by atoms with Gasteiger partial charge in [0.15, 0.2) is 0 Å². The number of benzene rings is 2. The van der Waals surface area contributed by atoms with Crippen LogP contribution in [-0.2, 0) is 21.4 Å². The third kappa shape index (κ3) is 4.66. The molecule has 150 valence electrons. The van der Waals surface area contributed by atoms with E-state index in [1.165, 1.54) is 28.6 Å². The Bertz CT molecular complexity index is 931. The minimum absolute atomic E-state index is 0.140. The molecule has 1 saturated heterocycles. The Balaban J connectivity index is 1.69. The summed E-state index contributed by atoms with van der Waals surface area (Å²) in [6.45, 7) is 3.10. The molecule has 8 heteroatoms. The van der Waals surface area contributed by atoms with E-state index < -0.39 is 16.1 Å². The van der Waals surface area contributed by atoms with Gasteiger partial charge in [0, 0.05) is 18.1 Å². The predicted molar refractivity (Wildman–Crippen MR) is 108 cm³/mol. The number of carbonyl (C=O) groups is 1. The quantitative estimate of drug-likeness (QED) is 0.743. The third-order valence-electron chi connectivity index (χ3n) is 4.60. The van der Waals surface area contributed by atoms with Crippen molar-refractivity contribution in [1.82, 2.24) is 9.62 Å². The van der Waals surface area contributed by atoms with Crippen LogP contribution in [0, 0.1) is 0 Å². The zero-order valence-corrected chi connectivity index (χ0v) is 17.2. The van der Waals surface area contributed by atoms with Crippen LogP contribution >= 0.6 is 11.6 Å². The van der Waals surface area contributed by atoms with E-state index in [0.29, 0.717) is 37.6 Å². The highest BCUT2D eigenvalue weighted by atomic mass is 35.5. The average molecular weight is 423 g/mol. The van der Waals surface area contributed by atoms with Crippen LogP contribution in [0.15, 0.2) is 53.4 Å². The van der Waals surface area contributed by atoms with Gasteiger partial charge in [-0.1, -0.05) is 23.7 Å². The molecule has 1 N–H and O–H groups in total. The fourth-order valence-electron chi connectivity index (χ4n) is 3.25. The van der Waals surface area contributed by atoms with Gasteiger partial charge in [-0.15, -0.1) is 0 Å². The van der Waals surface area contributed by atoms with Crippen LogP contribution in [0.1, 0.15) is 25.3 Å². The van der Waals surface area contributed by atoms with Gasteiger partial charge in [0.1, 0.15) is 11.8 Å². The lowest BCUT2D eigenvalue weighted by molar-refractivity contribution is -0.124. The summed E-state index contributed by atoms with van der Waals surface area (Å²) in [7, 11) is -3.75. The van der Waals surface area contributed by atoms with E-state index in [2.05, 4.69) is 5.32 Å². The number of nitrogens with one attached hydrogen (secondary N) is 1. The lowest BCUT2D eigenvalue weighted by Crippen LogP contribution is -2.45. The molecule has 0 saturated carbocycles. The summed E-state index contributed by atoms with van der Waals surface area (Å²) in [6, 6.07) is 12.7. The van der Waals surface area contributed by atoms with E-state index in [4.69, 9.17) is 16.3 Å². The van der Waals surface area contributed by atoms with Gasteiger partial charge in [0.05, 0.1) is 11.5 Å². The Hall–Kier alpha value is -2.09. The van der Waals surface area contributed by atoms with Crippen molar-refractivity contribution >= 4 is 27.5 Å². The normalized spacial score (nSPS) is 17.4. The number of nitrogens with zero attached hydrogens (tertiary/aromatic N) is 1. The fraction of sp³-hybridized carbons (Fsp3) is 0.350. The molecule has 6 nitrogen and oxygen atoms in total. The highest BCUT2D eigenvalue weighted by molar-refractivity contribution is 7.89. The van der Waals surface area contributed by atoms with Gasteiger partial charge < -0.3 is 10.1 Å². The molecular weight excluding hydrogens is 400 g/mol. The second-order valence-electron chi connectivity index (χ2n) is 6.53. The monoisotopic (exact) mass is 422 g/mol. The molecule has 1 amide bonds. The van der Waals surface area contributed by atoms with Crippen molar-refractivity contribution in [2.75, 3.05) is 13.2 Å².